The van der Waals surface area contributed by atoms with E-state index < -0.39 is 0 Å². The van der Waals surface area contributed by atoms with E-state index in [9.17, 15) is 0 Å². The number of hydrogen-bond acceptors (Lipinski definition) is 4. The predicted octanol–water partition coefficient (Wildman–Crippen LogP) is 1.78. The number of alkyl halides is 1. The summed E-state index contributed by atoms with van der Waals surface area (Å²) in [7, 11) is 1.97. The molecule has 1 aromatic heterocycles. The zero-order valence-electron chi connectivity index (χ0n) is 7.25. The first kappa shape index (κ1) is 9.74. The number of hydrogen-bond donors (Lipinski definition) is 0. The van der Waals surface area contributed by atoms with Gasteiger partial charge in [-0.05, 0) is 0 Å². The van der Waals surface area contributed by atoms with Crippen LogP contribution in [0, 0.1) is 0 Å². The normalized spacial score (nSPS) is 10.2. The molecule has 0 fully saturated rings. The highest BCUT2D eigenvalue weighted by Crippen LogP contribution is 2.15. The van der Waals surface area contributed by atoms with E-state index in [1.807, 2.05) is 18.9 Å². The molecule has 0 saturated carbocycles. The van der Waals surface area contributed by atoms with E-state index in [0.717, 1.165) is 23.9 Å². The minimum Gasteiger partial charge on any atom is -0.349 e. The molecule has 12 heavy (non-hydrogen) atoms. The van der Waals surface area contributed by atoms with Crippen LogP contribution in [-0.4, -0.2) is 28.8 Å². The summed E-state index contributed by atoms with van der Waals surface area (Å²) in [6.45, 7) is 2.87. The van der Waals surface area contributed by atoms with Crippen molar-refractivity contribution < 1.29 is 0 Å². The first-order valence-electron chi connectivity index (χ1n) is 3.87. The third kappa shape index (κ3) is 2.32. The molecule has 0 N–H and O–H groups in total. The molecule has 0 amide bonds. The molecule has 0 radical (unpaired) electrons. The van der Waals surface area contributed by atoms with E-state index in [1.165, 1.54) is 11.5 Å². The predicted molar refractivity (Wildman–Crippen MR) is 53.3 cm³/mol. The Labute approximate surface area is 81.5 Å². The highest BCUT2D eigenvalue weighted by molar-refractivity contribution is 7.09. The molecule has 1 rings (SSSR count). The number of aryl methyl sites for hydroxylation is 1. The van der Waals surface area contributed by atoms with Crippen LogP contribution in [0.4, 0.5) is 5.13 Å². The molecule has 0 saturated heterocycles. The summed E-state index contributed by atoms with van der Waals surface area (Å²) in [5.74, 6) is 1.54. The highest BCUT2D eigenvalue weighted by atomic mass is 35.5. The summed E-state index contributed by atoms with van der Waals surface area (Å²) in [6.07, 6.45) is 0.894. The molecule has 0 spiro atoms. The van der Waals surface area contributed by atoms with Crippen molar-refractivity contribution in [3.63, 3.8) is 0 Å². The Morgan fingerprint density at radius 1 is 1.58 bits per heavy atom. The molecule has 0 aromatic carbocycles. The largest absolute Gasteiger partial charge is 0.349 e. The summed E-state index contributed by atoms with van der Waals surface area (Å²) in [4.78, 5) is 6.34. The maximum atomic E-state index is 5.60. The van der Waals surface area contributed by atoms with Crippen molar-refractivity contribution in [2.45, 2.75) is 13.3 Å². The third-order valence-electron chi connectivity index (χ3n) is 1.52. The van der Waals surface area contributed by atoms with E-state index in [-0.39, 0.29) is 0 Å². The van der Waals surface area contributed by atoms with Crippen molar-refractivity contribution in [3.05, 3.63) is 5.82 Å². The lowest BCUT2D eigenvalue weighted by Gasteiger charge is -2.11. The molecule has 68 valence electrons. The standard InChI is InChI=1S/C7H12ClN3S/c1-3-6-9-7(12-10-6)11(2)5-4-8/h3-5H2,1-2H3. The molecular formula is C7H12ClN3S. The number of halogens is 1. The maximum absolute atomic E-state index is 5.60. The second-order valence-electron chi connectivity index (χ2n) is 2.46. The summed E-state index contributed by atoms with van der Waals surface area (Å²) in [6, 6.07) is 0. The third-order valence-corrected chi connectivity index (χ3v) is 2.56. The van der Waals surface area contributed by atoms with Gasteiger partial charge < -0.3 is 4.90 Å². The number of aromatic nitrogens is 2. The molecule has 0 aliphatic carbocycles. The van der Waals surface area contributed by atoms with Gasteiger partial charge in [-0.1, -0.05) is 6.92 Å². The summed E-state index contributed by atoms with van der Waals surface area (Å²) in [5, 5.41) is 0.951. The van der Waals surface area contributed by atoms with Gasteiger partial charge in [0, 0.05) is 37.4 Å². The first-order valence-corrected chi connectivity index (χ1v) is 5.18. The molecule has 0 atom stereocenters. The van der Waals surface area contributed by atoms with E-state index >= 15 is 0 Å². The van der Waals surface area contributed by atoms with Gasteiger partial charge in [-0.3, -0.25) is 0 Å². The highest BCUT2D eigenvalue weighted by Gasteiger charge is 2.05. The molecule has 0 bridgehead atoms. The monoisotopic (exact) mass is 205 g/mol. The van der Waals surface area contributed by atoms with Gasteiger partial charge in [0.2, 0.25) is 5.13 Å². The van der Waals surface area contributed by atoms with E-state index in [2.05, 4.69) is 9.36 Å². The Morgan fingerprint density at radius 2 is 2.33 bits per heavy atom. The molecule has 0 unspecified atom stereocenters. The quantitative estimate of drug-likeness (QED) is 0.702. The first-order chi connectivity index (χ1) is 5.77. The van der Waals surface area contributed by atoms with Crippen LogP contribution in [0.1, 0.15) is 12.7 Å². The van der Waals surface area contributed by atoms with Crippen LogP contribution in [0.25, 0.3) is 0 Å². The average molecular weight is 206 g/mol. The van der Waals surface area contributed by atoms with Crippen molar-refractivity contribution >= 4 is 28.3 Å². The van der Waals surface area contributed by atoms with E-state index in [0.29, 0.717) is 5.88 Å². The van der Waals surface area contributed by atoms with Crippen LogP contribution in [0.3, 0.4) is 0 Å². The van der Waals surface area contributed by atoms with Gasteiger partial charge in [0.05, 0.1) is 0 Å². The Balaban J connectivity index is 2.61. The van der Waals surface area contributed by atoms with Crippen molar-refractivity contribution in [1.82, 2.24) is 9.36 Å². The fraction of sp³-hybridized carbons (Fsp3) is 0.714. The van der Waals surface area contributed by atoms with Crippen LogP contribution in [0.5, 0.6) is 0 Å². The maximum Gasteiger partial charge on any atom is 0.204 e. The smallest absolute Gasteiger partial charge is 0.204 e. The van der Waals surface area contributed by atoms with Crippen molar-refractivity contribution in [3.8, 4) is 0 Å². The van der Waals surface area contributed by atoms with Gasteiger partial charge in [0.25, 0.3) is 0 Å². The van der Waals surface area contributed by atoms with Crippen LogP contribution >= 0.6 is 23.1 Å². The topological polar surface area (TPSA) is 29.0 Å². The van der Waals surface area contributed by atoms with E-state index in [1.54, 1.807) is 0 Å². The fourth-order valence-corrected chi connectivity index (χ4v) is 1.75. The lowest BCUT2D eigenvalue weighted by atomic mass is 10.5. The Kier molecular flexibility index (Phi) is 3.75. The zero-order valence-corrected chi connectivity index (χ0v) is 8.82. The van der Waals surface area contributed by atoms with Gasteiger partial charge in [0.15, 0.2) is 0 Å². The van der Waals surface area contributed by atoms with Gasteiger partial charge in [0.1, 0.15) is 5.82 Å². The lowest BCUT2D eigenvalue weighted by Crippen LogP contribution is -2.19. The van der Waals surface area contributed by atoms with Crippen LogP contribution in [-0.2, 0) is 6.42 Å². The minimum absolute atomic E-state index is 0.623. The van der Waals surface area contributed by atoms with Gasteiger partial charge in [-0.2, -0.15) is 4.37 Å². The molecule has 3 nitrogen and oxygen atoms in total. The van der Waals surface area contributed by atoms with Crippen molar-refractivity contribution in [2.24, 2.45) is 0 Å². The van der Waals surface area contributed by atoms with Crippen molar-refractivity contribution in [1.29, 1.82) is 0 Å². The molecule has 5 heteroatoms. The number of nitrogens with zero attached hydrogens (tertiary/aromatic N) is 3. The van der Waals surface area contributed by atoms with Crippen LogP contribution in [0.2, 0.25) is 0 Å². The Bertz CT molecular complexity index is 238. The second-order valence-corrected chi connectivity index (χ2v) is 3.57. The van der Waals surface area contributed by atoms with Crippen LogP contribution < -0.4 is 4.90 Å². The SMILES string of the molecule is CCc1nsc(N(C)CCCl)n1. The van der Waals surface area contributed by atoms with Gasteiger partial charge >= 0.3 is 0 Å². The van der Waals surface area contributed by atoms with Gasteiger partial charge in [-0.15, -0.1) is 11.6 Å². The fourth-order valence-electron chi connectivity index (χ4n) is 0.766. The number of rotatable bonds is 4. The van der Waals surface area contributed by atoms with E-state index in [4.69, 9.17) is 11.6 Å². The summed E-state index contributed by atoms with van der Waals surface area (Å²) >= 11 is 7.03. The average Bonchev–Trinajstić information content (AvgIpc) is 2.52. The lowest BCUT2D eigenvalue weighted by molar-refractivity contribution is 0.933. The second kappa shape index (κ2) is 4.62. The summed E-state index contributed by atoms with van der Waals surface area (Å²) < 4.78 is 4.18. The zero-order chi connectivity index (χ0) is 8.97. The molecular weight excluding hydrogens is 194 g/mol. The Hall–Kier alpha value is -0.350. The summed E-state index contributed by atoms with van der Waals surface area (Å²) in [5.41, 5.74) is 0. The Morgan fingerprint density at radius 3 is 2.83 bits per heavy atom. The van der Waals surface area contributed by atoms with Crippen LogP contribution in [0.15, 0.2) is 0 Å². The minimum atomic E-state index is 0.623. The molecule has 1 aromatic rings. The molecule has 0 aliphatic heterocycles. The molecule has 1 heterocycles. The molecule has 0 aliphatic rings. The number of anilines is 1. The van der Waals surface area contributed by atoms with Gasteiger partial charge in [-0.25, -0.2) is 4.98 Å². The van der Waals surface area contributed by atoms with Crippen molar-refractivity contribution in [2.75, 3.05) is 24.4 Å².